The molecular formula is C27H25N4O2-. The number of benzene rings is 2. The molecule has 0 radical (unpaired) electrons. The molecule has 3 aromatic rings. The van der Waals surface area contributed by atoms with Crippen molar-refractivity contribution in [2.24, 2.45) is 5.10 Å². The minimum atomic E-state index is -0.165. The van der Waals surface area contributed by atoms with E-state index in [4.69, 9.17) is 0 Å². The van der Waals surface area contributed by atoms with Gasteiger partial charge in [0.05, 0.1) is 28.4 Å². The zero-order chi connectivity index (χ0) is 23.5. The maximum absolute atomic E-state index is 12.8. The van der Waals surface area contributed by atoms with Crippen molar-refractivity contribution in [2.75, 3.05) is 5.01 Å². The molecule has 2 aromatic carbocycles. The predicted octanol–water partition coefficient (Wildman–Crippen LogP) is 4.79. The summed E-state index contributed by atoms with van der Waals surface area (Å²) in [5, 5.41) is 23.0. The van der Waals surface area contributed by atoms with E-state index in [2.05, 4.69) is 10.2 Å². The Labute approximate surface area is 193 Å². The molecule has 0 atom stereocenters. The van der Waals surface area contributed by atoms with E-state index in [-0.39, 0.29) is 11.8 Å². The quantitative estimate of drug-likeness (QED) is 0.426. The largest absolute Gasteiger partial charge is 0.858 e. The van der Waals surface area contributed by atoms with Gasteiger partial charge in [-0.05, 0) is 63.9 Å². The standard InChI is InChI=1S/C27H26N4O2/c1-18-10-14-22(15-11-18)30-26(32)24(20(3)28-30)8-6-5-7-9-25-21(4)29-31(27(25)33)23-16-12-19(2)13-17-23/h5-17,32H,1-4H3/p-1/b7-5+,8-6+,25-9-. The number of anilines is 1. The van der Waals surface area contributed by atoms with Crippen molar-refractivity contribution in [1.82, 2.24) is 9.78 Å². The zero-order valence-electron chi connectivity index (χ0n) is 19.1. The number of carbonyl (C=O) groups is 1. The number of aromatic nitrogens is 2. The molecule has 6 nitrogen and oxygen atoms in total. The molecule has 166 valence electrons. The molecule has 2 heterocycles. The summed E-state index contributed by atoms with van der Waals surface area (Å²) in [6.45, 7) is 7.62. The molecule has 33 heavy (non-hydrogen) atoms. The van der Waals surface area contributed by atoms with Crippen molar-refractivity contribution in [1.29, 1.82) is 0 Å². The summed E-state index contributed by atoms with van der Waals surface area (Å²) in [5.41, 5.74) is 6.11. The number of nitrogens with zero attached hydrogens (tertiary/aromatic N) is 4. The van der Waals surface area contributed by atoms with Gasteiger partial charge in [0.2, 0.25) is 0 Å². The Morgan fingerprint density at radius 3 is 2.06 bits per heavy atom. The van der Waals surface area contributed by atoms with Gasteiger partial charge in [-0.3, -0.25) is 4.79 Å². The average Bonchev–Trinajstić information content (AvgIpc) is 3.24. The van der Waals surface area contributed by atoms with E-state index in [0.29, 0.717) is 22.5 Å². The van der Waals surface area contributed by atoms with Crippen LogP contribution >= 0.6 is 0 Å². The fourth-order valence-electron chi connectivity index (χ4n) is 3.51. The first-order valence-electron chi connectivity index (χ1n) is 10.7. The Balaban J connectivity index is 1.48. The topological polar surface area (TPSA) is 73.5 Å². The monoisotopic (exact) mass is 437 g/mol. The molecule has 0 spiro atoms. The lowest BCUT2D eigenvalue weighted by Gasteiger charge is -2.11. The maximum Gasteiger partial charge on any atom is 0.280 e. The van der Waals surface area contributed by atoms with Crippen molar-refractivity contribution in [2.45, 2.75) is 27.7 Å². The smallest absolute Gasteiger partial charge is 0.280 e. The van der Waals surface area contributed by atoms with Gasteiger partial charge in [-0.25, -0.2) is 4.68 Å². The van der Waals surface area contributed by atoms with Crippen LogP contribution in [0.1, 0.15) is 29.3 Å². The van der Waals surface area contributed by atoms with Crippen LogP contribution in [0.2, 0.25) is 0 Å². The van der Waals surface area contributed by atoms with Crippen LogP contribution in [0.25, 0.3) is 11.8 Å². The van der Waals surface area contributed by atoms with Gasteiger partial charge >= 0.3 is 0 Å². The summed E-state index contributed by atoms with van der Waals surface area (Å²) >= 11 is 0. The minimum absolute atomic E-state index is 0.165. The van der Waals surface area contributed by atoms with E-state index in [1.165, 1.54) is 9.69 Å². The molecule has 0 saturated carbocycles. The van der Waals surface area contributed by atoms with E-state index < -0.39 is 0 Å². The summed E-state index contributed by atoms with van der Waals surface area (Å²) in [4.78, 5) is 12.8. The number of hydrazone groups is 1. The van der Waals surface area contributed by atoms with E-state index in [9.17, 15) is 9.90 Å². The zero-order valence-corrected chi connectivity index (χ0v) is 19.1. The lowest BCUT2D eigenvalue weighted by Crippen LogP contribution is -2.21. The molecule has 0 unspecified atom stereocenters. The summed E-state index contributed by atoms with van der Waals surface area (Å²) in [6.07, 6.45) is 8.79. The van der Waals surface area contributed by atoms with Crippen LogP contribution in [0.15, 0.2) is 83.5 Å². The second-order valence-corrected chi connectivity index (χ2v) is 8.01. The number of aryl methyl sites for hydroxylation is 3. The lowest BCUT2D eigenvalue weighted by molar-refractivity contribution is -0.278. The molecule has 0 N–H and O–H groups in total. The summed E-state index contributed by atoms with van der Waals surface area (Å²) in [7, 11) is 0. The van der Waals surface area contributed by atoms with Gasteiger partial charge in [-0.1, -0.05) is 59.7 Å². The predicted molar refractivity (Wildman–Crippen MR) is 131 cm³/mol. The molecule has 4 rings (SSSR count). The van der Waals surface area contributed by atoms with E-state index >= 15 is 0 Å². The molecule has 1 aliphatic rings. The third-order valence-corrected chi connectivity index (χ3v) is 5.43. The number of allylic oxidation sites excluding steroid dienone is 4. The SMILES string of the molecule is CC1=NN(c2ccc(C)cc2)C(=O)\C1=C/C=C/C=C/c1c(C)nn(-c2ccc(C)cc2)c1[O-]. The van der Waals surface area contributed by atoms with Crippen LogP contribution in [0.3, 0.4) is 0 Å². The first kappa shape index (κ1) is 22.0. The van der Waals surface area contributed by atoms with Crippen LogP contribution in [0, 0.1) is 20.8 Å². The highest BCUT2D eigenvalue weighted by atomic mass is 16.3. The Hall–Kier alpha value is -4.19. The van der Waals surface area contributed by atoms with Crippen molar-refractivity contribution in [3.05, 3.63) is 101 Å². The first-order valence-corrected chi connectivity index (χ1v) is 10.7. The highest BCUT2D eigenvalue weighted by Crippen LogP contribution is 2.25. The van der Waals surface area contributed by atoms with Gasteiger partial charge in [0.25, 0.3) is 5.91 Å². The molecule has 6 heteroatoms. The Morgan fingerprint density at radius 2 is 1.42 bits per heavy atom. The molecule has 0 saturated heterocycles. The number of carbonyl (C=O) groups excluding carboxylic acids is 1. The third kappa shape index (κ3) is 4.55. The van der Waals surface area contributed by atoms with Gasteiger partial charge in [-0.15, -0.1) is 0 Å². The van der Waals surface area contributed by atoms with Crippen molar-refractivity contribution in [3.63, 3.8) is 0 Å². The normalized spacial score (nSPS) is 15.4. The Bertz CT molecular complexity index is 1310. The van der Waals surface area contributed by atoms with Gasteiger partial charge in [0, 0.05) is 5.56 Å². The second kappa shape index (κ2) is 9.12. The van der Waals surface area contributed by atoms with Gasteiger partial charge in [0.15, 0.2) is 0 Å². The van der Waals surface area contributed by atoms with Gasteiger partial charge in [0.1, 0.15) is 0 Å². The van der Waals surface area contributed by atoms with E-state index in [1.54, 1.807) is 30.4 Å². The van der Waals surface area contributed by atoms with E-state index in [1.807, 2.05) is 76.2 Å². The maximum atomic E-state index is 12.8. The summed E-state index contributed by atoms with van der Waals surface area (Å²) in [5.74, 6) is -0.330. The van der Waals surface area contributed by atoms with Crippen LogP contribution in [-0.4, -0.2) is 21.4 Å². The van der Waals surface area contributed by atoms with Gasteiger partial charge < -0.3 is 5.11 Å². The fourth-order valence-corrected chi connectivity index (χ4v) is 3.51. The average molecular weight is 438 g/mol. The second-order valence-electron chi connectivity index (χ2n) is 8.01. The van der Waals surface area contributed by atoms with Crippen LogP contribution in [0.5, 0.6) is 5.88 Å². The molecular weight excluding hydrogens is 412 g/mol. The fraction of sp³-hybridized carbons (Fsp3) is 0.148. The highest BCUT2D eigenvalue weighted by Gasteiger charge is 2.27. The number of hydrogen-bond donors (Lipinski definition) is 0. The molecule has 0 fully saturated rings. The number of hydrogen-bond acceptors (Lipinski definition) is 4. The highest BCUT2D eigenvalue weighted by molar-refractivity contribution is 6.29. The first-order chi connectivity index (χ1) is 15.8. The van der Waals surface area contributed by atoms with Crippen LogP contribution in [-0.2, 0) is 4.79 Å². The van der Waals surface area contributed by atoms with Crippen LogP contribution in [0.4, 0.5) is 5.69 Å². The van der Waals surface area contributed by atoms with Crippen molar-refractivity contribution < 1.29 is 9.90 Å². The number of amides is 1. The molecule has 1 amide bonds. The molecule has 1 aliphatic heterocycles. The minimum Gasteiger partial charge on any atom is -0.858 e. The lowest BCUT2D eigenvalue weighted by atomic mass is 10.1. The molecule has 1 aromatic heterocycles. The summed E-state index contributed by atoms with van der Waals surface area (Å²) in [6, 6.07) is 15.3. The Kier molecular flexibility index (Phi) is 6.09. The Morgan fingerprint density at radius 1 is 0.818 bits per heavy atom. The molecule has 0 bridgehead atoms. The van der Waals surface area contributed by atoms with E-state index in [0.717, 1.165) is 22.5 Å². The molecule has 0 aliphatic carbocycles. The van der Waals surface area contributed by atoms with Crippen LogP contribution < -0.4 is 10.1 Å². The van der Waals surface area contributed by atoms with Gasteiger partial charge in [-0.2, -0.15) is 15.2 Å². The van der Waals surface area contributed by atoms with Crippen molar-refractivity contribution >= 4 is 23.4 Å². The summed E-state index contributed by atoms with van der Waals surface area (Å²) < 4.78 is 1.41. The third-order valence-electron chi connectivity index (χ3n) is 5.43. The van der Waals surface area contributed by atoms with Crippen molar-refractivity contribution in [3.8, 4) is 11.6 Å². The number of rotatable bonds is 5.